The van der Waals surface area contributed by atoms with Gasteiger partial charge in [0, 0.05) is 36.7 Å². The number of amides is 1. The lowest BCUT2D eigenvalue weighted by atomic mass is 10.0. The zero-order chi connectivity index (χ0) is 19.1. The van der Waals surface area contributed by atoms with Gasteiger partial charge in [-0.2, -0.15) is 0 Å². The molecule has 1 heterocycles. The molecule has 3 rings (SSSR count). The molecule has 0 atom stereocenters. The number of hydrogen-bond acceptors (Lipinski definition) is 3. The third-order valence-electron chi connectivity index (χ3n) is 5.00. The monoisotopic (exact) mass is 368 g/mol. The van der Waals surface area contributed by atoms with Crippen molar-refractivity contribution in [3.8, 4) is 0 Å². The Morgan fingerprint density at radius 3 is 2.30 bits per heavy atom. The van der Waals surface area contributed by atoms with Gasteiger partial charge in [-0.25, -0.2) is 4.39 Å². The second-order valence-electron chi connectivity index (χ2n) is 6.99. The highest BCUT2D eigenvalue weighted by molar-refractivity contribution is 5.96. The van der Waals surface area contributed by atoms with Crippen LogP contribution in [0.1, 0.15) is 46.4 Å². The number of rotatable bonds is 7. The molecular formula is C22H25FN2O2. The lowest BCUT2D eigenvalue weighted by molar-refractivity contribution is 0.0903. The number of piperidine rings is 1. The Morgan fingerprint density at radius 1 is 0.963 bits per heavy atom. The standard InChI is InChI=1S/C22H25FN2O2/c23-19-10-8-17(9-11-19)21(26)7-4-14-25-15-12-20(13-16-25)24-22(27)18-5-2-1-3-6-18/h1-3,5-6,8-11,20H,4,7,12-16H2,(H,24,27). The predicted molar refractivity (Wildman–Crippen MR) is 103 cm³/mol. The molecule has 1 aliphatic heterocycles. The Morgan fingerprint density at radius 2 is 1.63 bits per heavy atom. The number of nitrogens with zero attached hydrogens (tertiary/aromatic N) is 1. The van der Waals surface area contributed by atoms with Gasteiger partial charge in [-0.1, -0.05) is 18.2 Å². The molecule has 1 aliphatic rings. The zero-order valence-electron chi connectivity index (χ0n) is 15.4. The van der Waals surface area contributed by atoms with Gasteiger partial charge in [0.25, 0.3) is 5.91 Å². The fraction of sp³-hybridized carbons (Fsp3) is 0.364. The summed E-state index contributed by atoms with van der Waals surface area (Å²) in [6, 6.07) is 15.2. The molecule has 0 aromatic heterocycles. The van der Waals surface area contributed by atoms with Crippen molar-refractivity contribution in [2.45, 2.75) is 31.7 Å². The summed E-state index contributed by atoms with van der Waals surface area (Å²) in [6.45, 7) is 2.71. The number of carbonyl (C=O) groups excluding carboxylic acids is 2. The molecule has 4 nitrogen and oxygen atoms in total. The summed E-state index contributed by atoms with van der Waals surface area (Å²) in [5, 5.41) is 3.11. The summed E-state index contributed by atoms with van der Waals surface area (Å²) in [5.74, 6) is -0.285. The Labute approximate surface area is 159 Å². The number of hydrogen-bond donors (Lipinski definition) is 1. The van der Waals surface area contributed by atoms with E-state index >= 15 is 0 Å². The molecule has 0 aliphatic carbocycles. The van der Waals surface area contributed by atoms with Gasteiger partial charge in [0.15, 0.2) is 5.78 Å². The van der Waals surface area contributed by atoms with E-state index in [2.05, 4.69) is 10.2 Å². The Bertz CT molecular complexity index is 754. The molecular weight excluding hydrogens is 343 g/mol. The highest BCUT2D eigenvalue weighted by Gasteiger charge is 2.21. The maximum atomic E-state index is 12.9. The van der Waals surface area contributed by atoms with Crippen molar-refractivity contribution in [1.82, 2.24) is 10.2 Å². The van der Waals surface area contributed by atoms with Crippen molar-refractivity contribution in [2.75, 3.05) is 19.6 Å². The molecule has 1 N–H and O–H groups in total. The van der Waals surface area contributed by atoms with Crippen LogP contribution >= 0.6 is 0 Å². The zero-order valence-corrected chi connectivity index (χ0v) is 15.4. The van der Waals surface area contributed by atoms with Crippen molar-refractivity contribution >= 4 is 11.7 Å². The van der Waals surface area contributed by atoms with Crippen molar-refractivity contribution < 1.29 is 14.0 Å². The summed E-state index contributed by atoms with van der Waals surface area (Å²) >= 11 is 0. The van der Waals surface area contributed by atoms with Gasteiger partial charge < -0.3 is 10.2 Å². The second-order valence-corrected chi connectivity index (χ2v) is 6.99. The van der Waals surface area contributed by atoms with Gasteiger partial charge in [-0.3, -0.25) is 9.59 Å². The first-order valence-electron chi connectivity index (χ1n) is 9.49. The summed E-state index contributed by atoms with van der Waals surface area (Å²) in [7, 11) is 0. The molecule has 0 unspecified atom stereocenters. The van der Waals surface area contributed by atoms with E-state index in [9.17, 15) is 14.0 Å². The van der Waals surface area contributed by atoms with Crippen LogP contribution in [0.25, 0.3) is 0 Å². The average Bonchev–Trinajstić information content (AvgIpc) is 2.70. The third kappa shape index (κ3) is 5.73. The molecule has 1 amide bonds. The minimum absolute atomic E-state index is 0.0149. The van der Waals surface area contributed by atoms with E-state index in [1.54, 1.807) is 12.1 Å². The van der Waals surface area contributed by atoms with Gasteiger partial charge in [-0.15, -0.1) is 0 Å². The lowest BCUT2D eigenvalue weighted by Gasteiger charge is -2.32. The molecule has 0 bridgehead atoms. The van der Waals surface area contributed by atoms with Crippen molar-refractivity contribution in [3.63, 3.8) is 0 Å². The van der Waals surface area contributed by atoms with E-state index in [-0.39, 0.29) is 23.5 Å². The predicted octanol–water partition coefficient (Wildman–Crippen LogP) is 3.68. The van der Waals surface area contributed by atoms with Crippen LogP contribution in [0.4, 0.5) is 4.39 Å². The summed E-state index contributed by atoms with van der Waals surface area (Å²) in [6.07, 6.45) is 3.10. The van der Waals surface area contributed by atoms with Crippen LogP contribution in [0, 0.1) is 5.82 Å². The fourth-order valence-electron chi connectivity index (χ4n) is 3.40. The number of Topliss-reactive ketones (excluding diaryl/α,β-unsaturated/α-hetero) is 1. The van der Waals surface area contributed by atoms with Gasteiger partial charge in [0.1, 0.15) is 5.82 Å². The molecule has 1 saturated heterocycles. The topological polar surface area (TPSA) is 49.4 Å². The number of ketones is 1. The molecule has 0 saturated carbocycles. The van der Waals surface area contributed by atoms with Crippen LogP contribution in [0.3, 0.4) is 0 Å². The van der Waals surface area contributed by atoms with E-state index in [1.807, 2.05) is 30.3 Å². The van der Waals surface area contributed by atoms with Crippen molar-refractivity contribution in [1.29, 1.82) is 0 Å². The van der Waals surface area contributed by atoms with E-state index in [0.29, 0.717) is 17.5 Å². The number of carbonyl (C=O) groups is 2. The molecule has 0 radical (unpaired) electrons. The number of benzene rings is 2. The van der Waals surface area contributed by atoms with Gasteiger partial charge in [0.05, 0.1) is 0 Å². The number of halogens is 1. The maximum absolute atomic E-state index is 12.9. The van der Waals surface area contributed by atoms with Crippen LogP contribution in [-0.2, 0) is 0 Å². The first kappa shape index (κ1) is 19.2. The Hall–Kier alpha value is -2.53. The molecule has 142 valence electrons. The highest BCUT2D eigenvalue weighted by atomic mass is 19.1. The highest BCUT2D eigenvalue weighted by Crippen LogP contribution is 2.13. The fourth-order valence-corrected chi connectivity index (χ4v) is 3.40. The van der Waals surface area contributed by atoms with Crippen molar-refractivity contribution in [3.05, 3.63) is 71.5 Å². The second kappa shape index (κ2) is 9.42. The molecule has 1 fully saturated rings. The molecule has 0 spiro atoms. The maximum Gasteiger partial charge on any atom is 0.251 e. The summed E-state index contributed by atoms with van der Waals surface area (Å²) in [5.41, 5.74) is 1.26. The van der Waals surface area contributed by atoms with Crippen LogP contribution in [-0.4, -0.2) is 42.3 Å². The van der Waals surface area contributed by atoms with Crippen LogP contribution in [0.2, 0.25) is 0 Å². The van der Waals surface area contributed by atoms with Gasteiger partial charge in [-0.05, 0) is 62.2 Å². The van der Waals surface area contributed by atoms with Crippen LogP contribution in [0.5, 0.6) is 0 Å². The minimum Gasteiger partial charge on any atom is -0.349 e. The summed E-state index contributed by atoms with van der Waals surface area (Å²) < 4.78 is 12.9. The molecule has 27 heavy (non-hydrogen) atoms. The molecule has 2 aromatic rings. The third-order valence-corrected chi connectivity index (χ3v) is 5.00. The Balaban J connectivity index is 1.35. The smallest absolute Gasteiger partial charge is 0.251 e. The SMILES string of the molecule is O=C(CCCN1CCC(NC(=O)c2ccccc2)CC1)c1ccc(F)cc1. The van der Waals surface area contributed by atoms with Crippen molar-refractivity contribution in [2.24, 2.45) is 0 Å². The minimum atomic E-state index is -0.325. The first-order chi connectivity index (χ1) is 13.1. The number of nitrogens with one attached hydrogen (secondary N) is 1. The largest absolute Gasteiger partial charge is 0.349 e. The van der Waals surface area contributed by atoms with E-state index in [0.717, 1.165) is 38.9 Å². The lowest BCUT2D eigenvalue weighted by Crippen LogP contribution is -2.44. The number of likely N-dealkylation sites (tertiary alicyclic amines) is 1. The van der Waals surface area contributed by atoms with Crippen LogP contribution in [0.15, 0.2) is 54.6 Å². The van der Waals surface area contributed by atoms with Crippen LogP contribution < -0.4 is 5.32 Å². The van der Waals surface area contributed by atoms with Gasteiger partial charge in [0.2, 0.25) is 0 Å². The summed E-state index contributed by atoms with van der Waals surface area (Å²) in [4.78, 5) is 26.7. The van der Waals surface area contributed by atoms with E-state index in [4.69, 9.17) is 0 Å². The first-order valence-corrected chi connectivity index (χ1v) is 9.49. The average molecular weight is 368 g/mol. The molecule has 2 aromatic carbocycles. The van der Waals surface area contributed by atoms with E-state index in [1.165, 1.54) is 12.1 Å². The Kier molecular flexibility index (Phi) is 6.71. The molecule has 5 heteroatoms. The quantitative estimate of drug-likeness (QED) is 0.759. The van der Waals surface area contributed by atoms with E-state index < -0.39 is 0 Å². The normalized spacial score (nSPS) is 15.4. The van der Waals surface area contributed by atoms with Gasteiger partial charge >= 0.3 is 0 Å².